The average molecular weight is 439 g/mol. The van der Waals surface area contributed by atoms with Crippen molar-refractivity contribution in [2.24, 2.45) is 0 Å². The summed E-state index contributed by atoms with van der Waals surface area (Å²) in [4.78, 5) is 23.7. The zero-order valence-electron chi connectivity index (χ0n) is 17.2. The monoisotopic (exact) mass is 439 g/mol. The summed E-state index contributed by atoms with van der Waals surface area (Å²) in [5.41, 5.74) is -0.162. The molecule has 3 rings (SSSR count). The molecule has 0 aliphatic carbocycles. The number of hydrogen-bond acceptors (Lipinski definition) is 8. The number of amides is 2. The van der Waals surface area contributed by atoms with Gasteiger partial charge in [0.25, 0.3) is 0 Å². The summed E-state index contributed by atoms with van der Waals surface area (Å²) in [6.45, 7) is 0.948. The molecule has 1 aliphatic rings. The second-order valence-electron chi connectivity index (χ2n) is 6.62. The van der Waals surface area contributed by atoms with Crippen molar-refractivity contribution in [3.63, 3.8) is 0 Å². The molecule has 2 aromatic rings. The first-order chi connectivity index (χ1) is 14.9. The lowest BCUT2D eigenvalue weighted by atomic mass is 10.1. The van der Waals surface area contributed by atoms with E-state index in [2.05, 4.69) is 15.3 Å². The fraction of sp³-hybridized carbons (Fsp3) is 0.421. The highest BCUT2D eigenvalue weighted by atomic mass is 19.1. The minimum absolute atomic E-state index is 0.0898. The summed E-state index contributed by atoms with van der Waals surface area (Å²) in [6, 6.07) is -0.321. The first kappa shape index (κ1) is 22.4. The van der Waals surface area contributed by atoms with E-state index in [0.717, 1.165) is 11.0 Å². The maximum atomic E-state index is 15.0. The molecule has 2 heterocycles. The average Bonchev–Trinajstić information content (AvgIpc) is 2.78. The Labute approximate surface area is 177 Å². The van der Waals surface area contributed by atoms with Crippen molar-refractivity contribution in [1.29, 1.82) is 0 Å². The molecule has 0 fully saturated rings. The third-order valence-electron chi connectivity index (χ3n) is 4.80. The van der Waals surface area contributed by atoms with Crippen LogP contribution in [0.5, 0.6) is 11.5 Å². The minimum atomic E-state index is -1.04. The molecule has 0 atom stereocenters. The van der Waals surface area contributed by atoms with Gasteiger partial charge in [-0.05, 0) is 6.92 Å². The second-order valence-corrected chi connectivity index (χ2v) is 6.62. The largest absolute Gasteiger partial charge is 0.493 e. The lowest BCUT2D eigenvalue weighted by Crippen LogP contribution is -2.48. The SMILES string of the molecule is CCN1C(=O)N(c2c(F)c(OC)cc(OC)c2F)Cc2cnc(NC(CO)CO)nc21. The standard InChI is InChI=1S/C19H23F2N5O5/c1-4-25-17-10(6-22-18(24-17)23-11(8-27)9-28)7-26(19(25)29)16-14(20)12(30-2)5-13(31-3)15(16)21/h5-6,11,27-28H,4,7-9H2,1-3H3,(H,22,23,24). The zero-order valence-corrected chi connectivity index (χ0v) is 17.2. The van der Waals surface area contributed by atoms with E-state index in [1.54, 1.807) is 6.92 Å². The topological polar surface area (TPSA) is 120 Å². The van der Waals surface area contributed by atoms with Crippen LogP contribution in [0.15, 0.2) is 12.3 Å². The van der Waals surface area contributed by atoms with Gasteiger partial charge in [0.2, 0.25) is 5.95 Å². The van der Waals surface area contributed by atoms with E-state index >= 15 is 0 Å². The van der Waals surface area contributed by atoms with Crippen molar-refractivity contribution in [3.05, 3.63) is 29.5 Å². The lowest BCUT2D eigenvalue weighted by molar-refractivity contribution is 0.203. The van der Waals surface area contributed by atoms with Crippen LogP contribution in [-0.4, -0.2) is 66.2 Å². The number of urea groups is 1. The van der Waals surface area contributed by atoms with Gasteiger partial charge in [0, 0.05) is 24.4 Å². The number of methoxy groups -OCH3 is 2. The summed E-state index contributed by atoms with van der Waals surface area (Å²) in [5.74, 6) is -2.28. The first-order valence-corrected chi connectivity index (χ1v) is 9.43. The Morgan fingerprint density at radius 3 is 2.32 bits per heavy atom. The van der Waals surface area contributed by atoms with E-state index in [1.165, 1.54) is 25.3 Å². The van der Waals surface area contributed by atoms with Crippen LogP contribution >= 0.6 is 0 Å². The Hall–Kier alpha value is -3.25. The van der Waals surface area contributed by atoms with E-state index in [-0.39, 0.29) is 49.6 Å². The van der Waals surface area contributed by atoms with Crippen molar-refractivity contribution < 1.29 is 33.3 Å². The zero-order chi connectivity index (χ0) is 22.7. The van der Waals surface area contributed by atoms with Gasteiger partial charge in [-0.25, -0.2) is 18.6 Å². The number of hydrogen-bond donors (Lipinski definition) is 3. The fourth-order valence-corrected chi connectivity index (χ4v) is 3.19. The Balaban J connectivity index is 2.06. The third-order valence-corrected chi connectivity index (χ3v) is 4.80. The van der Waals surface area contributed by atoms with Gasteiger partial charge < -0.3 is 25.0 Å². The maximum Gasteiger partial charge on any atom is 0.330 e. The van der Waals surface area contributed by atoms with Crippen molar-refractivity contribution >= 4 is 23.5 Å². The maximum absolute atomic E-state index is 15.0. The van der Waals surface area contributed by atoms with Crippen molar-refractivity contribution in [1.82, 2.24) is 9.97 Å². The Kier molecular flexibility index (Phi) is 6.71. The molecule has 0 bridgehead atoms. The van der Waals surface area contributed by atoms with Gasteiger partial charge in [-0.15, -0.1) is 0 Å². The number of halogens is 2. The summed E-state index contributed by atoms with van der Waals surface area (Å²) < 4.78 is 39.9. The molecule has 31 heavy (non-hydrogen) atoms. The summed E-state index contributed by atoms with van der Waals surface area (Å²) in [6.07, 6.45) is 1.41. The van der Waals surface area contributed by atoms with Crippen LogP contribution in [0.2, 0.25) is 0 Å². The van der Waals surface area contributed by atoms with Crippen LogP contribution in [0, 0.1) is 11.6 Å². The Bertz CT molecular complexity index is 945. The van der Waals surface area contributed by atoms with E-state index in [9.17, 15) is 23.8 Å². The highest BCUT2D eigenvalue weighted by Crippen LogP contribution is 2.40. The number of carbonyl (C=O) groups excluding carboxylic acids is 1. The molecule has 168 valence electrons. The van der Waals surface area contributed by atoms with Gasteiger partial charge >= 0.3 is 6.03 Å². The molecule has 0 unspecified atom stereocenters. The number of benzene rings is 1. The number of nitrogens with one attached hydrogen (secondary N) is 1. The first-order valence-electron chi connectivity index (χ1n) is 9.43. The summed E-state index contributed by atoms with van der Waals surface area (Å²) in [7, 11) is 2.44. The summed E-state index contributed by atoms with van der Waals surface area (Å²) >= 11 is 0. The van der Waals surface area contributed by atoms with Crippen LogP contribution in [0.1, 0.15) is 12.5 Å². The highest BCUT2D eigenvalue weighted by molar-refractivity contribution is 6.05. The van der Waals surface area contributed by atoms with Crippen LogP contribution in [0.3, 0.4) is 0 Å². The predicted octanol–water partition coefficient (Wildman–Crippen LogP) is 1.50. The van der Waals surface area contributed by atoms with Crippen LogP contribution in [0.4, 0.5) is 31.0 Å². The number of ether oxygens (including phenoxy) is 2. The number of fused-ring (bicyclic) bond motifs is 1. The van der Waals surface area contributed by atoms with Crippen LogP contribution in [0.25, 0.3) is 0 Å². The molecule has 0 spiro atoms. The molecule has 1 aromatic carbocycles. The molecular formula is C19H23F2N5O5. The van der Waals surface area contributed by atoms with Crippen molar-refractivity contribution in [3.8, 4) is 11.5 Å². The molecule has 3 N–H and O–H groups in total. The predicted molar refractivity (Wildman–Crippen MR) is 108 cm³/mol. The van der Waals surface area contributed by atoms with Gasteiger partial charge in [-0.2, -0.15) is 4.98 Å². The van der Waals surface area contributed by atoms with Gasteiger partial charge in [0.05, 0.1) is 40.0 Å². The van der Waals surface area contributed by atoms with Gasteiger partial charge in [0.1, 0.15) is 11.5 Å². The smallest absolute Gasteiger partial charge is 0.330 e. The minimum Gasteiger partial charge on any atom is -0.493 e. The highest BCUT2D eigenvalue weighted by Gasteiger charge is 2.37. The molecule has 0 radical (unpaired) electrons. The van der Waals surface area contributed by atoms with E-state index < -0.39 is 29.4 Å². The molecule has 0 saturated carbocycles. The van der Waals surface area contributed by atoms with Crippen LogP contribution in [-0.2, 0) is 6.54 Å². The molecule has 1 aromatic heterocycles. The number of aromatic nitrogens is 2. The van der Waals surface area contributed by atoms with Crippen molar-refractivity contribution in [2.45, 2.75) is 19.5 Å². The van der Waals surface area contributed by atoms with Gasteiger partial charge in [0.15, 0.2) is 23.1 Å². The summed E-state index contributed by atoms with van der Waals surface area (Å²) in [5, 5.41) is 21.2. The molecule has 10 nitrogen and oxygen atoms in total. The molecule has 0 saturated heterocycles. The number of aliphatic hydroxyl groups excluding tert-OH is 2. The van der Waals surface area contributed by atoms with E-state index in [0.29, 0.717) is 5.56 Å². The molecule has 1 aliphatic heterocycles. The van der Waals surface area contributed by atoms with Crippen LogP contribution < -0.4 is 24.6 Å². The molecular weight excluding hydrogens is 416 g/mol. The van der Waals surface area contributed by atoms with Gasteiger partial charge in [-0.1, -0.05) is 0 Å². The quantitative estimate of drug-likeness (QED) is 0.566. The number of carbonyl (C=O) groups is 1. The molecule has 12 heteroatoms. The van der Waals surface area contributed by atoms with Crippen molar-refractivity contribution in [2.75, 3.05) is 49.1 Å². The Morgan fingerprint density at radius 2 is 1.81 bits per heavy atom. The molecule has 2 amide bonds. The number of aliphatic hydroxyl groups is 2. The lowest BCUT2D eigenvalue weighted by Gasteiger charge is -2.36. The normalized spacial score (nSPS) is 13.5. The van der Waals surface area contributed by atoms with Gasteiger partial charge in [-0.3, -0.25) is 9.80 Å². The number of nitrogens with zero attached hydrogens (tertiary/aromatic N) is 4. The number of anilines is 3. The van der Waals surface area contributed by atoms with E-state index in [4.69, 9.17) is 9.47 Å². The Morgan fingerprint density at radius 1 is 1.19 bits per heavy atom. The fourth-order valence-electron chi connectivity index (χ4n) is 3.19. The van der Waals surface area contributed by atoms with E-state index in [1.807, 2.05) is 0 Å². The number of rotatable bonds is 8. The second kappa shape index (κ2) is 9.27. The third kappa shape index (κ3) is 4.03.